The van der Waals surface area contributed by atoms with E-state index in [1.54, 1.807) is 44.6 Å². The summed E-state index contributed by atoms with van der Waals surface area (Å²) in [5, 5.41) is 10.7. The predicted molar refractivity (Wildman–Crippen MR) is 111 cm³/mol. The fraction of sp³-hybridized carbons (Fsp3) is 0.261. The molecule has 0 atom stereocenters. The average molecular weight is 396 g/mol. The Hall–Kier alpha value is -3.41. The molecule has 1 aliphatic rings. The molecular formula is C23H24O6. The molecule has 0 fully saturated rings. The van der Waals surface area contributed by atoms with Crippen LogP contribution in [0.5, 0.6) is 28.7 Å². The zero-order valence-corrected chi connectivity index (χ0v) is 17.1. The van der Waals surface area contributed by atoms with Gasteiger partial charge >= 0.3 is 0 Å². The van der Waals surface area contributed by atoms with Gasteiger partial charge in [-0.15, -0.1) is 0 Å². The first-order valence-electron chi connectivity index (χ1n) is 9.06. The Bertz CT molecular complexity index is 1000. The van der Waals surface area contributed by atoms with Crippen LogP contribution in [0.1, 0.15) is 35.3 Å². The van der Waals surface area contributed by atoms with Gasteiger partial charge in [-0.1, -0.05) is 12.1 Å². The predicted octanol–water partition coefficient (Wildman–Crippen LogP) is 4.50. The SMILES string of the molecule is COc1ccc(C=CC(=O)c2cc(OC)c3c(c2O)C=CC(C)(C)O3)cc1OC. The average Bonchev–Trinajstić information content (AvgIpc) is 2.71. The molecule has 0 spiro atoms. The highest BCUT2D eigenvalue weighted by Gasteiger charge is 2.29. The minimum absolute atomic E-state index is 0.130. The third-order valence-electron chi connectivity index (χ3n) is 4.59. The summed E-state index contributed by atoms with van der Waals surface area (Å²) in [5.74, 6) is 1.45. The number of aromatic hydroxyl groups is 1. The third kappa shape index (κ3) is 4.06. The lowest BCUT2D eigenvalue weighted by molar-refractivity contribution is 0.104. The van der Waals surface area contributed by atoms with Gasteiger partial charge in [-0.3, -0.25) is 4.79 Å². The Balaban J connectivity index is 1.95. The van der Waals surface area contributed by atoms with Crippen LogP contribution in [0.2, 0.25) is 0 Å². The third-order valence-corrected chi connectivity index (χ3v) is 4.59. The summed E-state index contributed by atoms with van der Waals surface area (Å²) in [7, 11) is 4.60. The molecule has 0 aliphatic carbocycles. The van der Waals surface area contributed by atoms with Gasteiger partial charge in [0.25, 0.3) is 0 Å². The van der Waals surface area contributed by atoms with Gasteiger partial charge in [-0.25, -0.2) is 0 Å². The highest BCUT2D eigenvalue weighted by atomic mass is 16.5. The number of carbonyl (C=O) groups excluding carboxylic acids is 1. The van der Waals surface area contributed by atoms with Crippen molar-refractivity contribution in [2.45, 2.75) is 19.4 Å². The van der Waals surface area contributed by atoms with Gasteiger partial charge in [0.15, 0.2) is 28.8 Å². The van der Waals surface area contributed by atoms with Crippen molar-refractivity contribution in [2.24, 2.45) is 0 Å². The van der Waals surface area contributed by atoms with Gasteiger partial charge in [0.1, 0.15) is 11.4 Å². The molecule has 1 N–H and O–H groups in total. The lowest BCUT2D eigenvalue weighted by atomic mass is 9.97. The van der Waals surface area contributed by atoms with E-state index in [0.717, 1.165) is 5.56 Å². The molecule has 0 aromatic heterocycles. The zero-order chi connectivity index (χ0) is 21.2. The Morgan fingerprint density at radius 1 is 1.03 bits per heavy atom. The summed E-state index contributed by atoms with van der Waals surface area (Å²) in [6.07, 6.45) is 6.60. The highest BCUT2D eigenvalue weighted by molar-refractivity contribution is 6.10. The van der Waals surface area contributed by atoms with Crippen molar-refractivity contribution in [3.05, 3.63) is 53.1 Å². The summed E-state index contributed by atoms with van der Waals surface area (Å²) >= 11 is 0. The fourth-order valence-electron chi connectivity index (χ4n) is 3.05. The van der Waals surface area contributed by atoms with E-state index in [2.05, 4.69) is 0 Å². The van der Waals surface area contributed by atoms with Crippen LogP contribution < -0.4 is 18.9 Å². The number of ketones is 1. The maximum Gasteiger partial charge on any atom is 0.189 e. The monoisotopic (exact) mass is 396 g/mol. The van der Waals surface area contributed by atoms with Gasteiger partial charge in [0.2, 0.25) is 0 Å². The molecule has 6 nitrogen and oxygen atoms in total. The zero-order valence-electron chi connectivity index (χ0n) is 17.1. The molecule has 0 saturated carbocycles. The minimum Gasteiger partial charge on any atom is -0.506 e. The van der Waals surface area contributed by atoms with Crippen molar-refractivity contribution in [3.8, 4) is 28.7 Å². The number of benzene rings is 2. The van der Waals surface area contributed by atoms with E-state index in [-0.39, 0.29) is 17.1 Å². The molecule has 1 aliphatic heterocycles. The van der Waals surface area contributed by atoms with Crippen molar-refractivity contribution in [1.29, 1.82) is 0 Å². The quantitative estimate of drug-likeness (QED) is 0.573. The van der Waals surface area contributed by atoms with Crippen molar-refractivity contribution in [1.82, 2.24) is 0 Å². The largest absolute Gasteiger partial charge is 0.506 e. The topological polar surface area (TPSA) is 74.2 Å². The Kier molecular flexibility index (Phi) is 5.55. The van der Waals surface area contributed by atoms with Crippen LogP contribution in [0.15, 0.2) is 36.4 Å². The maximum absolute atomic E-state index is 12.8. The van der Waals surface area contributed by atoms with E-state index in [9.17, 15) is 9.90 Å². The van der Waals surface area contributed by atoms with Crippen molar-refractivity contribution < 1.29 is 28.8 Å². The van der Waals surface area contributed by atoms with Crippen molar-refractivity contribution in [2.75, 3.05) is 21.3 Å². The molecule has 0 unspecified atom stereocenters. The summed E-state index contributed by atoms with van der Waals surface area (Å²) in [6, 6.07) is 6.81. The van der Waals surface area contributed by atoms with Crippen molar-refractivity contribution in [3.63, 3.8) is 0 Å². The number of ether oxygens (including phenoxy) is 4. The number of hydrogen-bond acceptors (Lipinski definition) is 6. The lowest BCUT2D eigenvalue weighted by Crippen LogP contribution is -2.28. The highest BCUT2D eigenvalue weighted by Crippen LogP contribution is 2.45. The number of methoxy groups -OCH3 is 3. The van der Waals surface area contributed by atoms with E-state index in [1.807, 2.05) is 19.9 Å². The second kappa shape index (κ2) is 7.91. The Morgan fingerprint density at radius 3 is 2.38 bits per heavy atom. The smallest absolute Gasteiger partial charge is 0.189 e. The van der Waals surface area contributed by atoms with Crippen LogP contribution >= 0.6 is 0 Å². The van der Waals surface area contributed by atoms with E-state index in [1.165, 1.54) is 19.3 Å². The molecule has 1 heterocycles. The molecule has 0 amide bonds. The number of hydrogen-bond donors (Lipinski definition) is 1. The molecule has 3 rings (SSSR count). The molecule has 0 saturated heterocycles. The number of phenolic OH excluding ortho intramolecular Hbond substituents is 1. The Morgan fingerprint density at radius 2 is 1.72 bits per heavy atom. The van der Waals surface area contributed by atoms with Crippen LogP contribution in [0, 0.1) is 0 Å². The number of fused-ring (bicyclic) bond motifs is 1. The van der Waals surface area contributed by atoms with Crippen LogP contribution in [0.3, 0.4) is 0 Å². The molecule has 0 radical (unpaired) electrons. The van der Waals surface area contributed by atoms with Gasteiger partial charge in [-0.05, 0) is 55.8 Å². The molecule has 2 aromatic rings. The number of rotatable bonds is 6. The number of allylic oxidation sites excluding steroid dienone is 1. The molecule has 29 heavy (non-hydrogen) atoms. The molecule has 0 bridgehead atoms. The van der Waals surface area contributed by atoms with E-state index < -0.39 is 5.60 Å². The van der Waals surface area contributed by atoms with Crippen molar-refractivity contribution >= 4 is 17.9 Å². The second-order valence-corrected chi connectivity index (χ2v) is 7.07. The first kappa shape index (κ1) is 20.3. The van der Waals surface area contributed by atoms with E-state index in [0.29, 0.717) is 28.6 Å². The summed E-state index contributed by atoms with van der Waals surface area (Å²) in [4.78, 5) is 12.8. The Labute approximate surface area is 170 Å². The normalized spacial score (nSPS) is 14.2. The van der Waals surface area contributed by atoms with Crippen LogP contribution in [0.4, 0.5) is 0 Å². The number of carbonyl (C=O) groups is 1. The fourth-order valence-corrected chi connectivity index (χ4v) is 3.05. The minimum atomic E-state index is -0.536. The standard InChI is InChI=1S/C23H24O6/c1-23(2)11-10-15-21(25)16(13-20(28-5)22(15)29-23)17(24)8-6-14-7-9-18(26-3)19(12-14)27-4/h6-13,25H,1-5H3. The molecule has 2 aromatic carbocycles. The lowest BCUT2D eigenvalue weighted by Gasteiger charge is -2.29. The maximum atomic E-state index is 12.8. The van der Waals surface area contributed by atoms with Crippen LogP contribution in [-0.4, -0.2) is 37.8 Å². The van der Waals surface area contributed by atoms with E-state index in [4.69, 9.17) is 18.9 Å². The van der Waals surface area contributed by atoms with Gasteiger partial charge in [-0.2, -0.15) is 0 Å². The molecule has 6 heteroatoms. The van der Waals surface area contributed by atoms with Crippen LogP contribution in [0.25, 0.3) is 12.2 Å². The molecular weight excluding hydrogens is 372 g/mol. The molecule has 152 valence electrons. The number of phenols is 1. The van der Waals surface area contributed by atoms with E-state index >= 15 is 0 Å². The van der Waals surface area contributed by atoms with Gasteiger partial charge in [0, 0.05) is 0 Å². The second-order valence-electron chi connectivity index (χ2n) is 7.07. The van der Waals surface area contributed by atoms with Gasteiger partial charge in [0.05, 0.1) is 32.5 Å². The first-order chi connectivity index (χ1) is 13.8. The van der Waals surface area contributed by atoms with Crippen LogP contribution in [-0.2, 0) is 0 Å². The summed E-state index contributed by atoms with van der Waals surface area (Å²) < 4.78 is 21.8. The summed E-state index contributed by atoms with van der Waals surface area (Å²) in [6.45, 7) is 3.79. The summed E-state index contributed by atoms with van der Waals surface area (Å²) in [5.41, 5.74) is 0.771. The van der Waals surface area contributed by atoms with Gasteiger partial charge < -0.3 is 24.1 Å². The first-order valence-corrected chi connectivity index (χ1v) is 9.06.